The summed E-state index contributed by atoms with van der Waals surface area (Å²) in [6.45, 7) is 5.39. The molecule has 1 N–H and O–H groups in total. The van der Waals surface area contributed by atoms with Gasteiger partial charge in [-0.25, -0.2) is 9.18 Å². The van der Waals surface area contributed by atoms with Gasteiger partial charge >= 0.3 is 6.09 Å². The van der Waals surface area contributed by atoms with E-state index in [1.165, 1.54) is 6.07 Å². The predicted molar refractivity (Wildman–Crippen MR) is 82.9 cm³/mol. The van der Waals surface area contributed by atoms with E-state index in [9.17, 15) is 9.18 Å². The van der Waals surface area contributed by atoms with Gasteiger partial charge in [-0.15, -0.1) is 0 Å². The van der Waals surface area contributed by atoms with E-state index in [0.717, 1.165) is 0 Å². The van der Waals surface area contributed by atoms with Crippen molar-refractivity contribution in [3.63, 3.8) is 0 Å². The molecule has 6 heteroatoms. The van der Waals surface area contributed by atoms with Gasteiger partial charge in [0.05, 0.1) is 12.1 Å². The molecule has 1 aromatic rings. The fourth-order valence-corrected chi connectivity index (χ4v) is 2.50. The Bertz CT molecular complexity index is 548. The van der Waals surface area contributed by atoms with Crippen LogP contribution in [0.3, 0.4) is 0 Å². The molecule has 20 heavy (non-hydrogen) atoms. The summed E-state index contributed by atoms with van der Waals surface area (Å²) < 4.78 is 19.9. The molecule has 108 valence electrons. The summed E-state index contributed by atoms with van der Waals surface area (Å²) in [7, 11) is 0. The molecule has 1 amide bonds. The Morgan fingerprint density at radius 3 is 2.60 bits per heavy atom. The van der Waals surface area contributed by atoms with Gasteiger partial charge < -0.3 is 10.1 Å². The second kappa shape index (κ2) is 7.09. The number of ether oxygens (including phenoxy) is 1. The van der Waals surface area contributed by atoms with Crippen LogP contribution in [0, 0.1) is 17.7 Å². The highest BCUT2D eigenvalue weighted by Crippen LogP contribution is 2.24. The number of nitrogens with one attached hydrogen (secondary N) is 1. The molecule has 0 fully saturated rings. The van der Waals surface area contributed by atoms with E-state index in [0.29, 0.717) is 8.95 Å². The number of benzene rings is 1. The molecule has 3 nitrogen and oxygen atoms in total. The zero-order valence-corrected chi connectivity index (χ0v) is 14.5. The maximum atomic E-state index is 13.6. The molecule has 0 radical (unpaired) electrons. The van der Waals surface area contributed by atoms with Crippen LogP contribution < -0.4 is 5.32 Å². The third-order valence-corrected chi connectivity index (χ3v) is 3.02. The standard InChI is InChI=1S/C14H14Br2FNO2/c1-14(2,3)20-13(19)18-6-4-5-10-11(16)7-9(15)8-12(10)17/h7-8H,6H2,1-3H3,(H,18,19). The number of halogens is 3. The van der Waals surface area contributed by atoms with E-state index in [4.69, 9.17) is 4.74 Å². The minimum absolute atomic E-state index is 0.0802. The van der Waals surface area contributed by atoms with E-state index in [1.807, 2.05) is 0 Å². The highest BCUT2D eigenvalue weighted by Gasteiger charge is 2.15. The number of hydrogen-bond acceptors (Lipinski definition) is 2. The number of hydrogen-bond donors (Lipinski definition) is 1. The molecule has 0 aliphatic carbocycles. The maximum Gasteiger partial charge on any atom is 0.408 e. The number of carbonyl (C=O) groups excluding carboxylic acids is 1. The smallest absolute Gasteiger partial charge is 0.408 e. The summed E-state index contributed by atoms with van der Waals surface area (Å²) in [5, 5.41) is 2.48. The van der Waals surface area contributed by atoms with Crippen molar-refractivity contribution >= 4 is 38.0 Å². The minimum atomic E-state index is -0.557. The summed E-state index contributed by atoms with van der Waals surface area (Å²) in [4.78, 5) is 11.4. The zero-order chi connectivity index (χ0) is 15.3. The van der Waals surface area contributed by atoms with Crippen LogP contribution in [0.2, 0.25) is 0 Å². The molecule has 1 aromatic carbocycles. The molecule has 0 bridgehead atoms. The Morgan fingerprint density at radius 1 is 1.40 bits per heavy atom. The molecule has 0 aromatic heterocycles. The highest BCUT2D eigenvalue weighted by molar-refractivity contribution is 9.11. The monoisotopic (exact) mass is 405 g/mol. The quantitative estimate of drug-likeness (QED) is 0.709. The van der Waals surface area contributed by atoms with Gasteiger partial charge in [0, 0.05) is 8.95 Å². The lowest BCUT2D eigenvalue weighted by Crippen LogP contribution is -2.32. The number of amides is 1. The first-order valence-electron chi connectivity index (χ1n) is 5.79. The van der Waals surface area contributed by atoms with Crippen molar-refractivity contribution in [1.82, 2.24) is 5.32 Å². The summed E-state index contributed by atoms with van der Waals surface area (Å²) >= 11 is 6.42. The Labute approximate surface area is 134 Å². The van der Waals surface area contributed by atoms with Gasteiger partial charge in [0.1, 0.15) is 11.4 Å². The molecule has 1 rings (SSSR count). The first-order valence-corrected chi connectivity index (χ1v) is 7.38. The van der Waals surface area contributed by atoms with E-state index >= 15 is 0 Å². The van der Waals surface area contributed by atoms with Crippen molar-refractivity contribution in [2.75, 3.05) is 6.54 Å². The fraction of sp³-hybridized carbons (Fsp3) is 0.357. The normalized spacial score (nSPS) is 10.5. The van der Waals surface area contributed by atoms with Gasteiger partial charge in [-0.2, -0.15) is 0 Å². The van der Waals surface area contributed by atoms with E-state index < -0.39 is 17.5 Å². The van der Waals surface area contributed by atoms with Crippen molar-refractivity contribution in [3.8, 4) is 11.8 Å². The molecule has 0 atom stereocenters. The number of rotatable bonds is 1. The summed E-state index contributed by atoms with van der Waals surface area (Å²) in [6.07, 6.45) is -0.554. The molecule has 0 aliphatic rings. The van der Waals surface area contributed by atoms with E-state index in [2.05, 4.69) is 49.0 Å². The first-order chi connectivity index (χ1) is 9.19. The average molecular weight is 407 g/mol. The van der Waals surface area contributed by atoms with Gasteiger partial charge in [-0.05, 0) is 48.8 Å². The van der Waals surface area contributed by atoms with Crippen LogP contribution in [0.5, 0.6) is 0 Å². The SMILES string of the molecule is CC(C)(C)OC(=O)NCC#Cc1c(F)cc(Br)cc1Br. The van der Waals surface area contributed by atoms with Gasteiger partial charge in [0.15, 0.2) is 0 Å². The molecular formula is C14H14Br2FNO2. The van der Waals surface area contributed by atoms with E-state index in [1.54, 1.807) is 26.8 Å². The van der Waals surface area contributed by atoms with Crippen molar-refractivity contribution in [2.45, 2.75) is 26.4 Å². The van der Waals surface area contributed by atoms with Crippen LogP contribution >= 0.6 is 31.9 Å². The lowest BCUT2D eigenvalue weighted by Gasteiger charge is -2.19. The minimum Gasteiger partial charge on any atom is -0.444 e. The van der Waals surface area contributed by atoms with Gasteiger partial charge in [-0.3, -0.25) is 0 Å². The lowest BCUT2D eigenvalue weighted by molar-refractivity contribution is 0.0535. The number of carbonyl (C=O) groups is 1. The van der Waals surface area contributed by atoms with Gasteiger partial charge in [0.2, 0.25) is 0 Å². The van der Waals surface area contributed by atoms with Gasteiger partial charge in [0.25, 0.3) is 0 Å². The molecule has 0 saturated heterocycles. The van der Waals surface area contributed by atoms with Crippen LogP contribution in [0.1, 0.15) is 26.3 Å². The maximum absolute atomic E-state index is 13.6. The molecule has 0 spiro atoms. The Kier molecular flexibility index (Phi) is 6.03. The highest BCUT2D eigenvalue weighted by atomic mass is 79.9. The molecule has 0 saturated carbocycles. The Morgan fingerprint density at radius 2 is 2.05 bits per heavy atom. The second-order valence-electron chi connectivity index (χ2n) is 4.90. The van der Waals surface area contributed by atoms with Crippen LogP contribution in [-0.4, -0.2) is 18.2 Å². The third-order valence-electron chi connectivity index (χ3n) is 1.94. The van der Waals surface area contributed by atoms with Crippen molar-refractivity contribution in [2.24, 2.45) is 0 Å². The molecule has 0 unspecified atom stereocenters. The number of alkyl carbamates (subject to hydrolysis) is 1. The van der Waals surface area contributed by atoms with Crippen LogP contribution in [0.4, 0.5) is 9.18 Å². The first kappa shape index (κ1) is 17.0. The largest absolute Gasteiger partial charge is 0.444 e. The van der Waals surface area contributed by atoms with Gasteiger partial charge in [-0.1, -0.05) is 27.8 Å². The molecular weight excluding hydrogens is 393 g/mol. The van der Waals surface area contributed by atoms with Crippen molar-refractivity contribution < 1.29 is 13.9 Å². The van der Waals surface area contributed by atoms with Crippen molar-refractivity contribution in [3.05, 3.63) is 32.5 Å². The second-order valence-corrected chi connectivity index (χ2v) is 6.67. The zero-order valence-electron chi connectivity index (χ0n) is 11.3. The molecule has 0 heterocycles. The van der Waals surface area contributed by atoms with E-state index in [-0.39, 0.29) is 12.1 Å². The predicted octanol–water partition coefficient (Wildman–Crippen LogP) is 4.23. The van der Waals surface area contributed by atoms with Crippen molar-refractivity contribution in [1.29, 1.82) is 0 Å². The lowest BCUT2D eigenvalue weighted by atomic mass is 10.2. The third kappa shape index (κ3) is 5.93. The topological polar surface area (TPSA) is 38.3 Å². The summed E-state index contributed by atoms with van der Waals surface area (Å²) in [5.74, 6) is 4.90. The Balaban J connectivity index is 2.62. The summed E-state index contributed by atoms with van der Waals surface area (Å²) in [6, 6.07) is 3.03. The van der Waals surface area contributed by atoms with Crippen LogP contribution in [-0.2, 0) is 4.74 Å². The average Bonchev–Trinajstić information content (AvgIpc) is 2.23. The Hall–Kier alpha value is -1.06. The summed E-state index contributed by atoms with van der Waals surface area (Å²) in [5.41, 5.74) is -0.308. The van der Waals surface area contributed by atoms with Crippen LogP contribution in [0.15, 0.2) is 21.1 Å². The van der Waals surface area contributed by atoms with Crippen LogP contribution in [0.25, 0.3) is 0 Å². The molecule has 0 aliphatic heterocycles. The fourth-order valence-electron chi connectivity index (χ4n) is 1.22.